The smallest absolute Gasteiger partial charge is 0.159 e. The van der Waals surface area contributed by atoms with Crippen molar-refractivity contribution in [3.8, 4) is 11.8 Å². The molecule has 30 heavy (non-hydrogen) atoms. The second-order valence-corrected chi connectivity index (χ2v) is 7.45. The Labute approximate surface area is 176 Å². The molecule has 0 aliphatic heterocycles. The molecule has 0 saturated heterocycles. The molecule has 0 nitrogen and oxygen atoms in total. The van der Waals surface area contributed by atoms with Crippen molar-refractivity contribution >= 4 is 10.8 Å². The fraction of sp³-hybridized carbons (Fsp3) is 0.143. The average Bonchev–Trinajstić information content (AvgIpc) is 2.78. The maximum Gasteiger partial charge on any atom is 0.159 e. The van der Waals surface area contributed by atoms with Crippen LogP contribution in [0.4, 0.5) is 8.78 Å². The Kier molecular flexibility index (Phi) is 5.91. The summed E-state index contributed by atoms with van der Waals surface area (Å²) in [5.74, 6) is 4.58. The van der Waals surface area contributed by atoms with Gasteiger partial charge in [-0.25, -0.2) is 8.78 Å². The molecule has 0 aromatic heterocycles. The highest BCUT2D eigenvalue weighted by Crippen LogP contribution is 2.20. The zero-order chi connectivity index (χ0) is 20.9. The minimum absolute atomic E-state index is 0.642. The molecule has 0 N–H and O–H groups in total. The zero-order valence-electron chi connectivity index (χ0n) is 16.9. The van der Waals surface area contributed by atoms with Gasteiger partial charge < -0.3 is 0 Å². The topological polar surface area (TPSA) is 0 Å². The second kappa shape index (κ2) is 8.93. The Morgan fingerprint density at radius 1 is 0.567 bits per heavy atom. The molecule has 4 aromatic carbocycles. The molecule has 0 amide bonds. The predicted octanol–water partition coefficient (Wildman–Crippen LogP) is 6.87. The van der Waals surface area contributed by atoms with Gasteiger partial charge in [-0.15, -0.1) is 0 Å². The summed E-state index contributed by atoms with van der Waals surface area (Å²) in [6, 6.07) is 24.9. The lowest BCUT2D eigenvalue weighted by Crippen LogP contribution is -1.92. The Bertz CT molecular complexity index is 1220. The van der Waals surface area contributed by atoms with Crippen LogP contribution >= 0.6 is 0 Å². The molecule has 0 unspecified atom stereocenters. The van der Waals surface area contributed by atoms with Gasteiger partial charge in [0.15, 0.2) is 11.6 Å². The van der Waals surface area contributed by atoms with Crippen LogP contribution in [-0.2, 0) is 19.3 Å². The summed E-state index contributed by atoms with van der Waals surface area (Å²) in [6.07, 6.45) is 3.08. The molecule has 0 bridgehead atoms. The third-order valence-corrected chi connectivity index (χ3v) is 5.32. The summed E-state index contributed by atoms with van der Waals surface area (Å²) >= 11 is 0. The minimum atomic E-state index is -0.843. The molecule has 0 atom stereocenters. The monoisotopic (exact) mass is 396 g/mol. The van der Waals surface area contributed by atoms with Crippen LogP contribution in [0.2, 0.25) is 0 Å². The number of fused-ring (bicyclic) bond motifs is 1. The van der Waals surface area contributed by atoms with Gasteiger partial charge >= 0.3 is 0 Å². The van der Waals surface area contributed by atoms with Crippen molar-refractivity contribution in [2.75, 3.05) is 0 Å². The fourth-order valence-corrected chi connectivity index (χ4v) is 3.45. The molecule has 0 fully saturated rings. The fourth-order valence-electron chi connectivity index (χ4n) is 3.45. The standard InChI is InChI=1S/C28H22F2/c1-2-20-3-5-21(6-4-20)7-8-22-9-11-23(12-10-22)13-14-24-15-16-25-18-27(29)28(30)19-26(25)17-24/h3-6,9-12,15-19H,2,7-8H2,1H3. The lowest BCUT2D eigenvalue weighted by molar-refractivity contribution is 0.511. The first-order chi connectivity index (χ1) is 14.6. The first-order valence-electron chi connectivity index (χ1n) is 10.2. The Hall–Kier alpha value is -3.44. The van der Waals surface area contributed by atoms with E-state index in [2.05, 4.69) is 55.2 Å². The lowest BCUT2D eigenvalue weighted by Gasteiger charge is -2.04. The highest BCUT2D eigenvalue weighted by molar-refractivity contribution is 5.84. The zero-order valence-corrected chi connectivity index (χ0v) is 16.9. The van der Waals surface area contributed by atoms with E-state index in [0.29, 0.717) is 10.8 Å². The van der Waals surface area contributed by atoms with Crippen LogP contribution in [0.15, 0.2) is 78.9 Å². The van der Waals surface area contributed by atoms with E-state index in [1.165, 1.54) is 28.8 Å². The molecular weight excluding hydrogens is 374 g/mol. The quantitative estimate of drug-likeness (QED) is 0.330. The average molecular weight is 396 g/mol. The van der Waals surface area contributed by atoms with Gasteiger partial charge in [-0.1, -0.05) is 61.2 Å². The van der Waals surface area contributed by atoms with Crippen LogP contribution in [0.1, 0.15) is 34.7 Å². The van der Waals surface area contributed by atoms with E-state index in [4.69, 9.17) is 0 Å². The molecule has 0 saturated carbocycles. The minimum Gasteiger partial charge on any atom is -0.204 e. The first kappa shape index (κ1) is 19.9. The number of aryl methyl sites for hydroxylation is 3. The van der Waals surface area contributed by atoms with Crippen molar-refractivity contribution in [3.05, 3.63) is 118 Å². The van der Waals surface area contributed by atoms with E-state index < -0.39 is 11.6 Å². The van der Waals surface area contributed by atoms with Crippen molar-refractivity contribution in [3.63, 3.8) is 0 Å². The largest absolute Gasteiger partial charge is 0.204 e. The van der Waals surface area contributed by atoms with Crippen LogP contribution in [0.25, 0.3) is 10.8 Å². The summed E-state index contributed by atoms with van der Waals surface area (Å²) in [5, 5.41) is 1.30. The number of hydrogen-bond donors (Lipinski definition) is 0. The van der Waals surface area contributed by atoms with Gasteiger partial charge in [0, 0.05) is 11.1 Å². The van der Waals surface area contributed by atoms with Crippen LogP contribution in [0.3, 0.4) is 0 Å². The normalized spacial score (nSPS) is 10.6. The molecule has 4 aromatic rings. The molecule has 2 heteroatoms. The molecule has 4 rings (SSSR count). The molecular formula is C28H22F2. The summed E-state index contributed by atoms with van der Waals surface area (Å²) in [7, 11) is 0. The van der Waals surface area contributed by atoms with E-state index in [0.717, 1.165) is 30.4 Å². The third-order valence-electron chi connectivity index (χ3n) is 5.32. The molecule has 0 spiro atoms. The van der Waals surface area contributed by atoms with E-state index >= 15 is 0 Å². The number of hydrogen-bond acceptors (Lipinski definition) is 0. The number of benzene rings is 4. The van der Waals surface area contributed by atoms with Gasteiger partial charge in [-0.3, -0.25) is 0 Å². The van der Waals surface area contributed by atoms with Crippen molar-refractivity contribution in [2.45, 2.75) is 26.2 Å². The Morgan fingerprint density at radius 3 is 1.70 bits per heavy atom. The van der Waals surface area contributed by atoms with Crippen LogP contribution in [0, 0.1) is 23.5 Å². The van der Waals surface area contributed by atoms with Crippen molar-refractivity contribution in [1.82, 2.24) is 0 Å². The van der Waals surface area contributed by atoms with Gasteiger partial charge in [0.1, 0.15) is 0 Å². The Morgan fingerprint density at radius 2 is 1.07 bits per heavy atom. The van der Waals surface area contributed by atoms with Gasteiger partial charge in [-0.05, 0) is 83.1 Å². The molecule has 0 aliphatic carbocycles. The van der Waals surface area contributed by atoms with Gasteiger partial charge in [0.25, 0.3) is 0 Å². The molecule has 0 aliphatic rings. The highest BCUT2D eigenvalue weighted by atomic mass is 19.2. The van der Waals surface area contributed by atoms with Crippen LogP contribution in [-0.4, -0.2) is 0 Å². The van der Waals surface area contributed by atoms with Gasteiger partial charge in [0.05, 0.1) is 0 Å². The molecule has 148 valence electrons. The summed E-state index contributed by atoms with van der Waals surface area (Å²) in [5.41, 5.74) is 5.70. The lowest BCUT2D eigenvalue weighted by atomic mass is 10.0. The summed E-state index contributed by atoms with van der Waals surface area (Å²) in [6.45, 7) is 2.17. The summed E-state index contributed by atoms with van der Waals surface area (Å²) < 4.78 is 26.8. The van der Waals surface area contributed by atoms with E-state index in [1.54, 1.807) is 12.1 Å². The molecule has 0 heterocycles. The van der Waals surface area contributed by atoms with Gasteiger partial charge in [0.2, 0.25) is 0 Å². The maximum atomic E-state index is 13.5. The highest BCUT2D eigenvalue weighted by Gasteiger charge is 2.04. The van der Waals surface area contributed by atoms with E-state index in [1.807, 2.05) is 18.2 Å². The van der Waals surface area contributed by atoms with E-state index in [9.17, 15) is 8.78 Å². The van der Waals surface area contributed by atoms with Crippen LogP contribution < -0.4 is 0 Å². The molecule has 0 radical (unpaired) electrons. The maximum absolute atomic E-state index is 13.5. The Balaban J connectivity index is 1.43. The van der Waals surface area contributed by atoms with Crippen molar-refractivity contribution in [1.29, 1.82) is 0 Å². The van der Waals surface area contributed by atoms with E-state index in [-0.39, 0.29) is 0 Å². The predicted molar refractivity (Wildman–Crippen MR) is 120 cm³/mol. The number of rotatable bonds is 4. The second-order valence-electron chi connectivity index (χ2n) is 7.45. The first-order valence-corrected chi connectivity index (χ1v) is 10.2. The van der Waals surface area contributed by atoms with Crippen molar-refractivity contribution in [2.24, 2.45) is 0 Å². The van der Waals surface area contributed by atoms with Gasteiger partial charge in [-0.2, -0.15) is 0 Å². The van der Waals surface area contributed by atoms with Crippen molar-refractivity contribution < 1.29 is 8.78 Å². The number of halogens is 2. The SMILES string of the molecule is CCc1ccc(CCc2ccc(C#Cc3ccc4cc(F)c(F)cc4c3)cc2)cc1. The van der Waals surface area contributed by atoms with Crippen LogP contribution in [0.5, 0.6) is 0 Å². The summed E-state index contributed by atoms with van der Waals surface area (Å²) in [4.78, 5) is 0. The third kappa shape index (κ3) is 4.75.